The van der Waals surface area contributed by atoms with Crippen LogP contribution in [0.4, 0.5) is 0 Å². The lowest BCUT2D eigenvalue weighted by Gasteiger charge is -2.14. The minimum atomic E-state index is -0.576. The van der Waals surface area contributed by atoms with E-state index in [1.807, 2.05) is 42.5 Å². The van der Waals surface area contributed by atoms with Crippen LogP contribution in [0.25, 0.3) is 0 Å². The van der Waals surface area contributed by atoms with Gasteiger partial charge in [0.25, 0.3) is 0 Å². The van der Waals surface area contributed by atoms with E-state index in [9.17, 15) is 5.11 Å². The van der Waals surface area contributed by atoms with Crippen LogP contribution in [-0.4, -0.2) is 12.2 Å². The quantitative estimate of drug-likeness (QED) is 0.893. The van der Waals surface area contributed by atoms with Crippen LogP contribution in [0.2, 0.25) is 0 Å². The van der Waals surface area contributed by atoms with Gasteiger partial charge < -0.3 is 14.6 Å². The van der Waals surface area contributed by atoms with E-state index in [0.717, 1.165) is 21.3 Å². The van der Waals surface area contributed by atoms with Crippen molar-refractivity contribution in [2.24, 2.45) is 0 Å². The minimum Gasteiger partial charge on any atom is -0.497 e. The van der Waals surface area contributed by atoms with Crippen LogP contribution in [0.3, 0.4) is 0 Å². The summed E-state index contributed by atoms with van der Waals surface area (Å²) >= 11 is 3.40. The Morgan fingerprint density at radius 3 is 2.70 bits per heavy atom. The lowest BCUT2D eigenvalue weighted by Crippen LogP contribution is -2.01. The van der Waals surface area contributed by atoms with Gasteiger partial charge in [0.05, 0.1) is 13.2 Å². The molecular formula is C16H17BrO3. The minimum absolute atomic E-state index is 0.429. The lowest BCUT2D eigenvalue weighted by atomic mass is 10.1. The molecule has 0 aromatic heterocycles. The van der Waals surface area contributed by atoms with E-state index in [4.69, 9.17) is 9.47 Å². The smallest absolute Gasteiger partial charge is 0.125 e. The molecule has 0 radical (unpaired) electrons. The first-order valence-corrected chi connectivity index (χ1v) is 7.12. The monoisotopic (exact) mass is 336 g/mol. The van der Waals surface area contributed by atoms with Crippen LogP contribution in [0.5, 0.6) is 11.5 Å². The van der Waals surface area contributed by atoms with Gasteiger partial charge in [0.1, 0.15) is 18.1 Å². The van der Waals surface area contributed by atoms with Gasteiger partial charge in [-0.25, -0.2) is 0 Å². The predicted octanol–water partition coefficient (Wildman–Crippen LogP) is 4.09. The molecule has 4 heteroatoms. The molecule has 0 aliphatic heterocycles. The van der Waals surface area contributed by atoms with Gasteiger partial charge in [-0.15, -0.1) is 0 Å². The van der Waals surface area contributed by atoms with E-state index in [1.54, 1.807) is 14.0 Å². The zero-order valence-electron chi connectivity index (χ0n) is 11.5. The fraction of sp³-hybridized carbons (Fsp3) is 0.250. The van der Waals surface area contributed by atoms with Crippen molar-refractivity contribution in [2.75, 3.05) is 7.11 Å². The largest absolute Gasteiger partial charge is 0.497 e. The van der Waals surface area contributed by atoms with Gasteiger partial charge in [-0.1, -0.05) is 28.1 Å². The fourth-order valence-corrected chi connectivity index (χ4v) is 2.28. The zero-order chi connectivity index (χ0) is 14.5. The van der Waals surface area contributed by atoms with Crippen LogP contribution in [0.1, 0.15) is 24.2 Å². The molecule has 2 aromatic rings. The van der Waals surface area contributed by atoms with Crippen LogP contribution in [0, 0.1) is 0 Å². The molecule has 0 heterocycles. The van der Waals surface area contributed by atoms with Crippen LogP contribution >= 0.6 is 15.9 Å². The van der Waals surface area contributed by atoms with Gasteiger partial charge in [-0.3, -0.25) is 0 Å². The van der Waals surface area contributed by atoms with Crippen LogP contribution in [0.15, 0.2) is 46.9 Å². The first kappa shape index (κ1) is 14.9. The maximum Gasteiger partial charge on any atom is 0.125 e. The summed E-state index contributed by atoms with van der Waals surface area (Å²) in [5.41, 5.74) is 1.78. The highest BCUT2D eigenvalue weighted by Gasteiger charge is 2.10. The van der Waals surface area contributed by atoms with Gasteiger partial charge in [-0.2, -0.15) is 0 Å². The molecule has 3 nitrogen and oxygen atoms in total. The van der Waals surface area contributed by atoms with Gasteiger partial charge in [0.15, 0.2) is 0 Å². The molecule has 20 heavy (non-hydrogen) atoms. The molecule has 0 amide bonds. The molecule has 106 valence electrons. The van der Waals surface area contributed by atoms with Crippen molar-refractivity contribution in [3.8, 4) is 11.5 Å². The van der Waals surface area contributed by atoms with E-state index >= 15 is 0 Å². The van der Waals surface area contributed by atoms with Gasteiger partial charge in [0, 0.05) is 10.0 Å². The molecule has 0 spiro atoms. The average molecular weight is 337 g/mol. The Morgan fingerprint density at radius 1 is 1.20 bits per heavy atom. The fourth-order valence-electron chi connectivity index (χ4n) is 1.90. The number of halogens is 1. The third kappa shape index (κ3) is 3.74. The third-order valence-electron chi connectivity index (χ3n) is 2.95. The number of benzene rings is 2. The maximum atomic E-state index is 9.79. The number of aliphatic hydroxyl groups is 1. The zero-order valence-corrected chi connectivity index (χ0v) is 13.1. The van der Waals surface area contributed by atoms with E-state index in [0.29, 0.717) is 12.4 Å². The van der Waals surface area contributed by atoms with Gasteiger partial charge >= 0.3 is 0 Å². The Balaban J connectivity index is 2.14. The molecule has 0 fully saturated rings. The van der Waals surface area contributed by atoms with Crippen LogP contribution in [-0.2, 0) is 6.61 Å². The molecule has 0 aliphatic carbocycles. The van der Waals surface area contributed by atoms with Crippen molar-refractivity contribution >= 4 is 15.9 Å². The standard InChI is InChI=1S/C16H17BrO3/c1-11(18)15-9-13(17)6-7-16(15)20-10-12-4-3-5-14(8-12)19-2/h3-9,11,18H,10H2,1-2H3/t11-/m0/s1. The topological polar surface area (TPSA) is 38.7 Å². The van der Waals surface area contributed by atoms with Crippen molar-refractivity contribution in [3.63, 3.8) is 0 Å². The van der Waals surface area contributed by atoms with Crippen molar-refractivity contribution < 1.29 is 14.6 Å². The summed E-state index contributed by atoms with van der Waals surface area (Å²) in [5, 5.41) is 9.79. The summed E-state index contributed by atoms with van der Waals surface area (Å²) in [7, 11) is 1.64. The predicted molar refractivity (Wildman–Crippen MR) is 82.1 cm³/mol. The summed E-state index contributed by atoms with van der Waals surface area (Å²) in [6.07, 6.45) is -0.576. The van der Waals surface area contributed by atoms with E-state index in [1.165, 1.54) is 0 Å². The number of ether oxygens (including phenoxy) is 2. The summed E-state index contributed by atoms with van der Waals surface area (Å²) in [4.78, 5) is 0. The van der Waals surface area contributed by atoms with Gasteiger partial charge in [-0.05, 0) is 42.8 Å². The first-order chi connectivity index (χ1) is 9.60. The second-order valence-corrected chi connectivity index (χ2v) is 5.41. The molecular weight excluding hydrogens is 320 g/mol. The highest BCUT2D eigenvalue weighted by Crippen LogP contribution is 2.29. The first-order valence-electron chi connectivity index (χ1n) is 6.33. The van der Waals surface area contributed by atoms with E-state index < -0.39 is 6.10 Å². The molecule has 2 rings (SSSR count). The molecule has 1 atom stereocenters. The van der Waals surface area contributed by atoms with Crippen molar-refractivity contribution in [1.82, 2.24) is 0 Å². The SMILES string of the molecule is COc1cccc(COc2ccc(Br)cc2[C@H](C)O)c1. The van der Waals surface area contributed by atoms with E-state index in [-0.39, 0.29) is 0 Å². The molecule has 0 saturated heterocycles. The van der Waals surface area contributed by atoms with E-state index in [2.05, 4.69) is 15.9 Å². The summed E-state index contributed by atoms with van der Waals surface area (Å²) in [6.45, 7) is 2.15. The Kier molecular flexibility index (Phi) is 5.04. The average Bonchev–Trinajstić information content (AvgIpc) is 2.46. The molecule has 0 bridgehead atoms. The highest BCUT2D eigenvalue weighted by atomic mass is 79.9. The molecule has 2 aromatic carbocycles. The number of aliphatic hydroxyl groups excluding tert-OH is 1. The van der Waals surface area contributed by atoms with Crippen molar-refractivity contribution in [2.45, 2.75) is 19.6 Å². The second kappa shape index (κ2) is 6.77. The summed E-state index contributed by atoms with van der Waals surface area (Å²) in [6, 6.07) is 13.3. The number of rotatable bonds is 5. The van der Waals surface area contributed by atoms with Gasteiger partial charge in [0.2, 0.25) is 0 Å². The maximum absolute atomic E-state index is 9.79. The second-order valence-electron chi connectivity index (χ2n) is 4.50. The Bertz CT molecular complexity index is 582. The Labute approximate surface area is 127 Å². The Hall–Kier alpha value is -1.52. The number of hydrogen-bond acceptors (Lipinski definition) is 3. The summed E-state index contributed by atoms with van der Waals surface area (Å²) in [5.74, 6) is 1.49. The van der Waals surface area contributed by atoms with Crippen molar-refractivity contribution in [1.29, 1.82) is 0 Å². The third-order valence-corrected chi connectivity index (χ3v) is 3.44. The van der Waals surface area contributed by atoms with Crippen molar-refractivity contribution in [3.05, 3.63) is 58.1 Å². The molecule has 0 saturated carbocycles. The Morgan fingerprint density at radius 2 is 2.00 bits per heavy atom. The molecule has 1 N–H and O–H groups in total. The molecule has 0 aliphatic rings. The number of hydrogen-bond donors (Lipinski definition) is 1. The number of methoxy groups -OCH3 is 1. The summed E-state index contributed by atoms with van der Waals surface area (Å²) < 4.78 is 11.9. The normalized spacial score (nSPS) is 12.0. The lowest BCUT2D eigenvalue weighted by molar-refractivity contribution is 0.190. The van der Waals surface area contributed by atoms with Crippen LogP contribution < -0.4 is 9.47 Å². The highest BCUT2D eigenvalue weighted by molar-refractivity contribution is 9.10. The molecule has 0 unspecified atom stereocenters.